The molecule has 5 rings (SSSR count). The lowest BCUT2D eigenvalue weighted by Gasteiger charge is -2.60. The molecule has 3 heteroatoms. The summed E-state index contributed by atoms with van der Waals surface area (Å²) >= 11 is 0. The quantitative estimate of drug-likeness (QED) is 0.870. The first-order valence-electron chi connectivity index (χ1n) is 7.26. The van der Waals surface area contributed by atoms with Crippen molar-refractivity contribution in [3.8, 4) is 0 Å². The Morgan fingerprint density at radius 3 is 2.61 bits per heavy atom. The van der Waals surface area contributed by atoms with Crippen LogP contribution in [0.25, 0.3) is 0 Å². The van der Waals surface area contributed by atoms with Gasteiger partial charge in [-0.25, -0.2) is 0 Å². The van der Waals surface area contributed by atoms with Crippen molar-refractivity contribution < 1.29 is 5.11 Å². The monoisotopic (exact) mass is 246 g/mol. The van der Waals surface area contributed by atoms with Crippen LogP contribution in [0.5, 0.6) is 0 Å². The molecule has 4 fully saturated rings. The first-order chi connectivity index (χ1) is 8.54. The lowest BCUT2D eigenvalue weighted by atomic mass is 9.48. The predicted molar refractivity (Wildman–Crippen MR) is 69.0 cm³/mol. The fourth-order valence-corrected chi connectivity index (χ4v) is 5.48. The fraction of sp³-hybridized carbons (Fsp3) is 0.800. The molecule has 4 aliphatic carbocycles. The molecule has 0 aromatic carbocycles. The number of hydrogen-bond donors (Lipinski definition) is 1. The van der Waals surface area contributed by atoms with Gasteiger partial charge < -0.3 is 5.11 Å². The maximum atomic E-state index is 10.7. The van der Waals surface area contributed by atoms with Gasteiger partial charge in [0.1, 0.15) is 0 Å². The molecule has 98 valence electrons. The summed E-state index contributed by atoms with van der Waals surface area (Å²) in [4.78, 5) is 0. The van der Waals surface area contributed by atoms with E-state index in [9.17, 15) is 5.11 Å². The van der Waals surface area contributed by atoms with E-state index in [4.69, 9.17) is 0 Å². The lowest BCUT2D eigenvalue weighted by molar-refractivity contribution is -0.168. The Labute approximate surface area is 108 Å². The Bertz CT molecular complexity index is 465. The van der Waals surface area contributed by atoms with Crippen LogP contribution in [0.1, 0.15) is 44.1 Å². The molecule has 0 aliphatic heterocycles. The SMILES string of the molecule is Cc1cnn(CC23CC4CC(CC(O)(C4)C2)C3)c1. The first-order valence-corrected chi connectivity index (χ1v) is 7.26. The predicted octanol–water partition coefficient (Wildman–Crippen LogP) is 2.52. The summed E-state index contributed by atoms with van der Waals surface area (Å²) in [6, 6.07) is 0. The molecule has 1 N–H and O–H groups in total. The summed E-state index contributed by atoms with van der Waals surface area (Å²) in [5.74, 6) is 1.54. The lowest BCUT2D eigenvalue weighted by Crippen LogP contribution is -2.56. The zero-order valence-electron chi connectivity index (χ0n) is 11.1. The van der Waals surface area contributed by atoms with Crippen molar-refractivity contribution in [2.45, 2.75) is 57.6 Å². The Morgan fingerprint density at radius 1 is 1.33 bits per heavy atom. The van der Waals surface area contributed by atoms with Crippen molar-refractivity contribution in [2.24, 2.45) is 17.3 Å². The molecule has 0 spiro atoms. The molecule has 4 saturated carbocycles. The molecule has 3 nitrogen and oxygen atoms in total. The highest BCUT2D eigenvalue weighted by molar-refractivity contribution is 5.09. The summed E-state index contributed by atoms with van der Waals surface area (Å²) in [6.07, 6.45) is 11.2. The van der Waals surface area contributed by atoms with Crippen LogP contribution in [0.3, 0.4) is 0 Å². The van der Waals surface area contributed by atoms with Gasteiger partial charge in [0.25, 0.3) is 0 Å². The molecule has 1 aromatic rings. The van der Waals surface area contributed by atoms with E-state index >= 15 is 0 Å². The van der Waals surface area contributed by atoms with Crippen molar-refractivity contribution in [1.29, 1.82) is 0 Å². The summed E-state index contributed by atoms with van der Waals surface area (Å²) in [6.45, 7) is 3.10. The van der Waals surface area contributed by atoms with Gasteiger partial charge in [0.05, 0.1) is 11.8 Å². The third-order valence-electron chi connectivity index (χ3n) is 5.41. The minimum atomic E-state index is -0.341. The molecule has 1 heterocycles. The second-order valence-electron chi connectivity index (χ2n) is 7.40. The van der Waals surface area contributed by atoms with E-state index in [-0.39, 0.29) is 5.60 Å². The van der Waals surface area contributed by atoms with Crippen molar-refractivity contribution in [3.63, 3.8) is 0 Å². The van der Waals surface area contributed by atoms with Crippen LogP contribution < -0.4 is 0 Å². The van der Waals surface area contributed by atoms with Crippen LogP contribution in [0.2, 0.25) is 0 Å². The van der Waals surface area contributed by atoms with Crippen molar-refractivity contribution in [3.05, 3.63) is 18.0 Å². The largest absolute Gasteiger partial charge is 0.390 e. The van der Waals surface area contributed by atoms with Gasteiger partial charge in [-0.2, -0.15) is 5.10 Å². The Balaban J connectivity index is 1.63. The topological polar surface area (TPSA) is 38.0 Å². The Morgan fingerprint density at radius 2 is 2.06 bits per heavy atom. The number of hydrogen-bond acceptors (Lipinski definition) is 2. The molecule has 0 saturated heterocycles. The molecular formula is C15H22N2O. The highest BCUT2D eigenvalue weighted by Gasteiger charge is 2.57. The van der Waals surface area contributed by atoms with Gasteiger partial charge >= 0.3 is 0 Å². The van der Waals surface area contributed by atoms with E-state index in [0.29, 0.717) is 5.41 Å². The Hall–Kier alpha value is -0.830. The highest BCUT2D eigenvalue weighted by atomic mass is 16.3. The van der Waals surface area contributed by atoms with Gasteiger partial charge in [-0.3, -0.25) is 4.68 Å². The second-order valence-corrected chi connectivity index (χ2v) is 7.40. The van der Waals surface area contributed by atoms with Gasteiger partial charge in [0.2, 0.25) is 0 Å². The van der Waals surface area contributed by atoms with E-state index < -0.39 is 0 Å². The molecule has 4 aliphatic rings. The number of aromatic nitrogens is 2. The number of rotatable bonds is 2. The van der Waals surface area contributed by atoms with Crippen molar-refractivity contribution in [2.75, 3.05) is 0 Å². The van der Waals surface area contributed by atoms with Gasteiger partial charge in [-0.05, 0) is 68.3 Å². The van der Waals surface area contributed by atoms with E-state index in [1.807, 2.05) is 6.20 Å². The van der Waals surface area contributed by atoms with Gasteiger partial charge in [0.15, 0.2) is 0 Å². The minimum Gasteiger partial charge on any atom is -0.390 e. The van der Waals surface area contributed by atoms with E-state index in [2.05, 4.69) is 22.9 Å². The summed E-state index contributed by atoms with van der Waals surface area (Å²) in [5, 5.41) is 15.2. The summed E-state index contributed by atoms with van der Waals surface area (Å²) < 4.78 is 2.10. The molecule has 0 amide bonds. The molecule has 2 atom stereocenters. The normalized spacial score (nSPS) is 45.7. The molecule has 18 heavy (non-hydrogen) atoms. The van der Waals surface area contributed by atoms with Gasteiger partial charge in [-0.1, -0.05) is 0 Å². The van der Waals surface area contributed by atoms with Crippen molar-refractivity contribution >= 4 is 0 Å². The Kier molecular flexibility index (Phi) is 2.07. The number of nitrogens with zero attached hydrogens (tertiary/aromatic N) is 2. The molecular weight excluding hydrogens is 224 g/mol. The minimum absolute atomic E-state index is 0.331. The average molecular weight is 246 g/mol. The van der Waals surface area contributed by atoms with Crippen molar-refractivity contribution in [1.82, 2.24) is 9.78 Å². The van der Waals surface area contributed by atoms with Crippen LogP contribution in [-0.2, 0) is 6.54 Å². The molecule has 4 bridgehead atoms. The van der Waals surface area contributed by atoms with Crippen LogP contribution in [0.15, 0.2) is 12.4 Å². The standard InChI is InChI=1S/C15H22N2O/c1-11-7-16-17(8-11)10-14-3-12-2-13(4-14)6-15(18,5-12)9-14/h7-8,12-13,18H,2-6,9-10H2,1H3. The highest BCUT2D eigenvalue weighted by Crippen LogP contribution is 2.62. The van der Waals surface area contributed by atoms with Crippen LogP contribution in [-0.4, -0.2) is 20.5 Å². The third kappa shape index (κ3) is 1.63. The van der Waals surface area contributed by atoms with E-state index in [1.165, 1.54) is 24.8 Å². The third-order valence-corrected chi connectivity index (χ3v) is 5.41. The zero-order valence-corrected chi connectivity index (χ0v) is 11.1. The second kappa shape index (κ2) is 3.38. The zero-order chi connectivity index (χ0) is 12.4. The van der Waals surface area contributed by atoms with Gasteiger partial charge in [-0.15, -0.1) is 0 Å². The van der Waals surface area contributed by atoms with E-state index in [0.717, 1.165) is 37.6 Å². The summed E-state index contributed by atoms with van der Waals surface area (Å²) in [5.41, 5.74) is 1.22. The maximum absolute atomic E-state index is 10.7. The van der Waals surface area contributed by atoms with E-state index in [1.54, 1.807) is 0 Å². The van der Waals surface area contributed by atoms with Crippen LogP contribution >= 0.6 is 0 Å². The van der Waals surface area contributed by atoms with Crippen LogP contribution in [0.4, 0.5) is 0 Å². The average Bonchev–Trinajstić information content (AvgIpc) is 2.58. The van der Waals surface area contributed by atoms with Gasteiger partial charge in [0, 0.05) is 12.7 Å². The number of aliphatic hydroxyl groups is 1. The number of aryl methyl sites for hydroxylation is 1. The van der Waals surface area contributed by atoms with Crippen LogP contribution in [0, 0.1) is 24.2 Å². The molecule has 2 unspecified atom stereocenters. The molecule has 1 aromatic heterocycles. The molecule has 0 radical (unpaired) electrons. The fourth-order valence-electron chi connectivity index (χ4n) is 5.48. The first kappa shape index (κ1) is 11.0. The maximum Gasteiger partial charge on any atom is 0.0659 e. The smallest absolute Gasteiger partial charge is 0.0659 e. The summed E-state index contributed by atoms with van der Waals surface area (Å²) in [7, 11) is 0.